The number of nitrogens with one attached hydrogen (secondary N) is 1. The number of nitrogens with two attached hydrogens (primary N) is 1. The predicted molar refractivity (Wildman–Crippen MR) is 141 cm³/mol. The van der Waals surface area contributed by atoms with E-state index in [9.17, 15) is 22.8 Å². The number of piperidine rings is 1. The number of benzene rings is 1. The van der Waals surface area contributed by atoms with Crippen molar-refractivity contribution in [3.63, 3.8) is 0 Å². The lowest BCUT2D eigenvalue weighted by Gasteiger charge is -2.34. The highest BCUT2D eigenvalue weighted by atomic mass is 19.4. The minimum Gasteiger partial charge on any atom is -0.382 e. The molecular weight excluding hydrogens is 523 g/mol. The molecule has 2 aliphatic heterocycles. The molecule has 0 radical (unpaired) electrons. The molecule has 40 heavy (non-hydrogen) atoms. The Labute approximate surface area is 227 Å². The quantitative estimate of drug-likeness (QED) is 0.377. The molecule has 12 heteroatoms. The number of rotatable bonds is 4. The van der Waals surface area contributed by atoms with Crippen LogP contribution in [0.15, 0.2) is 48.9 Å². The van der Waals surface area contributed by atoms with Gasteiger partial charge in [-0.3, -0.25) is 14.0 Å². The average molecular weight is 550 g/mol. The Bertz CT molecular complexity index is 1630. The monoisotopic (exact) mass is 549 g/mol. The number of hydrogen-bond donors (Lipinski definition) is 2. The van der Waals surface area contributed by atoms with Gasteiger partial charge in [-0.1, -0.05) is 12.1 Å². The summed E-state index contributed by atoms with van der Waals surface area (Å²) in [6, 6.07) is 7.73. The van der Waals surface area contributed by atoms with Gasteiger partial charge in [0, 0.05) is 60.2 Å². The van der Waals surface area contributed by atoms with Crippen LogP contribution in [0.25, 0.3) is 16.8 Å². The Morgan fingerprint density at radius 2 is 1.85 bits per heavy atom. The number of alkyl halides is 3. The minimum absolute atomic E-state index is 0.0367. The number of pyridine rings is 1. The molecule has 1 aromatic carbocycles. The van der Waals surface area contributed by atoms with Gasteiger partial charge in [-0.15, -0.1) is 0 Å². The lowest BCUT2D eigenvalue weighted by molar-refractivity contribution is -0.138. The third-order valence-corrected chi connectivity index (χ3v) is 7.86. The lowest BCUT2D eigenvalue weighted by Crippen LogP contribution is -2.41. The van der Waals surface area contributed by atoms with E-state index in [1.807, 2.05) is 15.5 Å². The molecule has 0 aliphatic carbocycles. The predicted octanol–water partition coefficient (Wildman–Crippen LogP) is 4.82. The molecule has 0 bridgehead atoms. The fourth-order valence-corrected chi connectivity index (χ4v) is 5.78. The molecule has 4 aromatic rings. The largest absolute Gasteiger partial charge is 0.416 e. The number of nitrogens with zero attached hydrogens (tertiary/aromatic N) is 5. The summed E-state index contributed by atoms with van der Waals surface area (Å²) in [5.74, 6) is 0.569. The number of hydrogen-bond acceptors (Lipinski definition) is 6. The maximum Gasteiger partial charge on any atom is 0.416 e. The summed E-state index contributed by atoms with van der Waals surface area (Å²) in [5, 5.41) is 2.47. The minimum atomic E-state index is -4.56. The molecule has 2 fully saturated rings. The SMILES string of the molecule is Cc1c(C(F)(F)F)ccnc1NC(=O)c1ccc(-c2nc(C3CCC4CCC(=O)N4C3)n3ccnc(N)c23)cc1. The van der Waals surface area contributed by atoms with E-state index in [0.29, 0.717) is 41.6 Å². The zero-order valence-electron chi connectivity index (χ0n) is 21.6. The zero-order valence-corrected chi connectivity index (χ0v) is 21.6. The molecule has 0 saturated carbocycles. The number of carbonyl (C=O) groups is 2. The zero-order chi connectivity index (χ0) is 28.2. The number of carbonyl (C=O) groups excluding carboxylic acids is 2. The summed E-state index contributed by atoms with van der Waals surface area (Å²) in [6.45, 7) is 1.87. The van der Waals surface area contributed by atoms with Crippen LogP contribution in [0.3, 0.4) is 0 Å². The summed E-state index contributed by atoms with van der Waals surface area (Å²) < 4.78 is 41.7. The number of nitrogen functional groups attached to an aromatic ring is 1. The lowest BCUT2D eigenvalue weighted by atomic mass is 9.92. The molecule has 3 aromatic heterocycles. The average Bonchev–Trinajstić information content (AvgIpc) is 3.50. The number of halogens is 3. The van der Waals surface area contributed by atoms with Gasteiger partial charge in [-0.25, -0.2) is 15.0 Å². The highest BCUT2D eigenvalue weighted by Gasteiger charge is 2.38. The molecule has 2 aliphatic rings. The molecule has 206 valence electrons. The number of amides is 2. The van der Waals surface area contributed by atoms with E-state index >= 15 is 0 Å². The van der Waals surface area contributed by atoms with Crippen LogP contribution < -0.4 is 11.1 Å². The van der Waals surface area contributed by atoms with Crippen LogP contribution in [0.2, 0.25) is 0 Å². The van der Waals surface area contributed by atoms with Crippen molar-refractivity contribution in [2.45, 2.75) is 50.7 Å². The van der Waals surface area contributed by atoms with Crippen molar-refractivity contribution in [1.29, 1.82) is 0 Å². The molecule has 5 heterocycles. The van der Waals surface area contributed by atoms with E-state index in [0.717, 1.165) is 37.4 Å². The first-order valence-corrected chi connectivity index (χ1v) is 13.0. The summed E-state index contributed by atoms with van der Waals surface area (Å²) in [4.78, 5) is 40.3. The molecule has 3 N–H and O–H groups in total. The van der Waals surface area contributed by atoms with Gasteiger partial charge < -0.3 is 16.0 Å². The Hall–Kier alpha value is -4.48. The molecule has 2 unspecified atom stereocenters. The number of anilines is 2. The van der Waals surface area contributed by atoms with Crippen molar-refractivity contribution >= 4 is 29.0 Å². The maximum atomic E-state index is 13.3. The fraction of sp³-hybridized carbons (Fsp3) is 0.321. The smallest absolute Gasteiger partial charge is 0.382 e. The van der Waals surface area contributed by atoms with Crippen LogP contribution >= 0.6 is 0 Å². The second kappa shape index (κ2) is 9.61. The van der Waals surface area contributed by atoms with Crippen molar-refractivity contribution in [1.82, 2.24) is 24.3 Å². The molecule has 0 spiro atoms. The first-order chi connectivity index (χ1) is 19.1. The van der Waals surface area contributed by atoms with Crippen LogP contribution in [0.5, 0.6) is 0 Å². The van der Waals surface area contributed by atoms with E-state index in [4.69, 9.17) is 10.7 Å². The van der Waals surface area contributed by atoms with Crippen LogP contribution in [-0.2, 0) is 11.0 Å². The summed E-state index contributed by atoms with van der Waals surface area (Å²) in [5.41, 5.74) is 7.42. The van der Waals surface area contributed by atoms with Gasteiger partial charge in [0.25, 0.3) is 5.91 Å². The van der Waals surface area contributed by atoms with Crippen molar-refractivity contribution in [3.05, 3.63) is 71.4 Å². The number of fused-ring (bicyclic) bond motifs is 2. The van der Waals surface area contributed by atoms with Crippen LogP contribution in [-0.4, -0.2) is 48.7 Å². The highest BCUT2D eigenvalue weighted by molar-refractivity contribution is 6.04. The van der Waals surface area contributed by atoms with Gasteiger partial charge in [0.2, 0.25) is 5.91 Å². The highest BCUT2D eigenvalue weighted by Crippen LogP contribution is 2.38. The first kappa shape index (κ1) is 25.8. The van der Waals surface area contributed by atoms with E-state index in [1.54, 1.807) is 30.5 Å². The molecule has 6 rings (SSSR count). The van der Waals surface area contributed by atoms with Gasteiger partial charge in [-0.05, 0) is 44.4 Å². The first-order valence-electron chi connectivity index (χ1n) is 13.0. The second-order valence-electron chi connectivity index (χ2n) is 10.2. The van der Waals surface area contributed by atoms with Crippen LogP contribution in [0, 0.1) is 6.92 Å². The topological polar surface area (TPSA) is 119 Å². The molecule has 9 nitrogen and oxygen atoms in total. The number of aromatic nitrogens is 4. The molecule has 2 saturated heterocycles. The molecule has 2 atom stereocenters. The Morgan fingerprint density at radius 1 is 1.07 bits per heavy atom. The second-order valence-corrected chi connectivity index (χ2v) is 10.2. The normalized spacial score (nSPS) is 19.2. The van der Waals surface area contributed by atoms with Crippen molar-refractivity contribution in [3.8, 4) is 11.3 Å². The molecule has 2 amide bonds. The van der Waals surface area contributed by atoms with Crippen LogP contribution in [0.4, 0.5) is 24.8 Å². The summed E-state index contributed by atoms with van der Waals surface area (Å²) in [6.07, 6.45) is 3.19. The fourth-order valence-electron chi connectivity index (χ4n) is 5.78. The summed E-state index contributed by atoms with van der Waals surface area (Å²) >= 11 is 0. The third-order valence-electron chi connectivity index (χ3n) is 7.86. The maximum absolute atomic E-state index is 13.3. The van der Waals surface area contributed by atoms with Gasteiger partial charge in [0.1, 0.15) is 28.7 Å². The van der Waals surface area contributed by atoms with Gasteiger partial charge in [0.15, 0.2) is 0 Å². The summed E-state index contributed by atoms with van der Waals surface area (Å²) in [7, 11) is 0. The van der Waals surface area contributed by atoms with Gasteiger partial charge >= 0.3 is 6.18 Å². The van der Waals surface area contributed by atoms with E-state index in [1.165, 1.54) is 6.92 Å². The van der Waals surface area contributed by atoms with Gasteiger partial charge in [-0.2, -0.15) is 13.2 Å². The number of imidazole rings is 1. The van der Waals surface area contributed by atoms with Crippen molar-refractivity contribution in [2.75, 3.05) is 17.6 Å². The van der Waals surface area contributed by atoms with Crippen molar-refractivity contribution in [2.24, 2.45) is 0 Å². The Kier molecular flexibility index (Phi) is 6.20. The van der Waals surface area contributed by atoms with E-state index < -0.39 is 17.6 Å². The Morgan fingerprint density at radius 3 is 2.60 bits per heavy atom. The standard InChI is InChI=1S/C28H26F3N7O2/c1-15-20(28(29,30)31)10-11-34-25(15)36-27(40)17-4-2-16(3-5-17)22-23-24(32)33-12-13-37(23)26(35-22)18-6-7-19-8-9-21(39)38(19)14-18/h2-5,10-13,18-19H,6-9,14H2,1H3,(H2,32,33)(H,34,36,40). The molecular formula is C28H26F3N7O2. The Balaban J connectivity index is 1.29. The van der Waals surface area contributed by atoms with E-state index in [-0.39, 0.29) is 28.8 Å². The van der Waals surface area contributed by atoms with Gasteiger partial charge in [0.05, 0.1) is 5.56 Å². The van der Waals surface area contributed by atoms with Crippen molar-refractivity contribution < 1.29 is 22.8 Å². The third kappa shape index (κ3) is 4.42. The van der Waals surface area contributed by atoms with Crippen LogP contribution in [0.1, 0.15) is 58.9 Å². The van der Waals surface area contributed by atoms with E-state index in [2.05, 4.69) is 15.3 Å².